The first-order chi connectivity index (χ1) is 6.91. The second-order valence-electron chi connectivity index (χ2n) is 5.65. The van der Waals surface area contributed by atoms with Crippen molar-refractivity contribution in [3.63, 3.8) is 0 Å². The highest BCUT2D eigenvalue weighted by molar-refractivity contribution is 5.87. The lowest BCUT2D eigenvalue weighted by atomic mass is 9.70. The quantitative estimate of drug-likeness (QED) is 0.374. The Labute approximate surface area is 91.4 Å². The molecule has 0 N–H and O–H groups in total. The summed E-state index contributed by atoms with van der Waals surface area (Å²) in [4.78, 5) is 11.1. The normalized spacial score (nSPS) is 41.2. The van der Waals surface area contributed by atoms with Crippen LogP contribution in [0, 0.1) is 29.1 Å². The Bertz CT molecular complexity index is 337. The highest BCUT2D eigenvalue weighted by Gasteiger charge is 2.62. The summed E-state index contributed by atoms with van der Waals surface area (Å²) < 4.78 is 5.36. The van der Waals surface area contributed by atoms with Gasteiger partial charge < -0.3 is 4.74 Å². The van der Waals surface area contributed by atoms with Crippen molar-refractivity contribution in [1.82, 2.24) is 0 Å². The maximum absolute atomic E-state index is 11.1. The molecule has 2 heteroatoms. The third kappa shape index (κ3) is 1.22. The van der Waals surface area contributed by atoms with E-state index in [0.29, 0.717) is 5.92 Å². The molecular formula is C13H18O2. The number of fused-ring (bicyclic) bond motifs is 2. The van der Waals surface area contributed by atoms with Gasteiger partial charge >= 0.3 is 5.97 Å². The summed E-state index contributed by atoms with van der Waals surface area (Å²) in [6.07, 6.45) is 8.44. The zero-order chi connectivity index (χ0) is 11.3. The predicted molar refractivity (Wildman–Crippen MR) is 57.9 cm³/mol. The molecule has 3 atom stereocenters. The molecule has 2 fully saturated rings. The summed E-state index contributed by atoms with van der Waals surface area (Å²) >= 11 is 0. The Kier molecular flexibility index (Phi) is 2.12. The Balaban J connectivity index is 2.20. The van der Waals surface area contributed by atoms with Crippen LogP contribution in [0.1, 0.15) is 40.0 Å². The summed E-state index contributed by atoms with van der Waals surface area (Å²) in [5.74, 6) is 2.20. The molecule has 2 saturated carbocycles. The van der Waals surface area contributed by atoms with E-state index in [2.05, 4.69) is 20.8 Å². The molecule has 2 bridgehead atoms. The Morgan fingerprint density at radius 1 is 1.47 bits per heavy atom. The van der Waals surface area contributed by atoms with E-state index in [1.807, 2.05) is 5.92 Å². The number of rotatable bonds is 1. The van der Waals surface area contributed by atoms with Gasteiger partial charge in [0, 0.05) is 11.3 Å². The van der Waals surface area contributed by atoms with Crippen molar-refractivity contribution >= 4 is 5.97 Å². The van der Waals surface area contributed by atoms with Crippen LogP contribution in [0.5, 0.6) is 0 Å². The van der Waals surface area contributed by atoms with E-state index >= 15 is 0 Å². The van der Waals surface area contributed by atoms with Crippen LogP contribution in [0.25, 0.3) is 0 Å². The smallest absolute Gasteiger partial charge is 0.384 e. The lowest BCUT2D eigenvalue weighted by Crippen LogP contribution is -2.38. The topological polar surface area (TPSA) is 26.3 Å². The first-order valence-electron chi connectivity index (χ1n) is 5.59. The molecular weight excluding hydrogens is 188 g/mol. The van der Waals surface area contributed by atoms with Gasteiger partial charge in [-0.1, -0.05) is 20.8 Å². The highest BCUT2D eigenvalue weighted by Crippen LogP contribution is 2.66. The average molecular weight is 206 g/mol. The third-order valence-electron chi connectivity index (χ3n) is 5.08. The van der Waals surface area contributed by atoms with E-state index < -0.39 is 5.97 Å². The molecule has 2 nitrogen and oxygen atoms in total. The van der Waals surface area contributed by atoms with Crippen molar-refractivity contribution in [2.75, 3.05) is 0 Å². The van der Waals surface area contributed by atoms with Crippen molar-refractivity contribution in [3.05, 3.63) is 0 Å². The van der Waals surface area contributed by atoms with Crippen LogP contribution in [-0.4, -0.2) is 12.1 Å². The molecule has 82 valence electrons. The number of esters is 1. The van der Waals surface area contributed by atoms with Crippen LogP contribution >= 0.6 is 0 Å². The number of hydrogen-bond donors (Lipinski definition) is 0. The van der Waals surface area contributed by atoms with E-state index in [0.717, 1.165) is 12.8 Å². The molecule has 0 amide bonds. The molecule has 0 heterocycles. The van der Waals surface area contributed by atoms with Gasteiger partial charge in [-0.3, -0.25) is 0 Å². The summed E-state index contributed by atoms with van der Waals surface area (Å²) in [7, 11) is 0. The zero-order valence-corrected chi connectivity index (χ0v) is 9.67. The molecule has 0 aromatic heterocycles. The van der Waals surface area contributed by atoms with Gasteiger partial charge in [0.05, 0.1) is 0 Å². The van der Waals surface area contributed by atoms with Crippen LogP contribution in [0.2, 0.25) is 0 Å². The van der Waals surface area contributed by atoms with Gasteiger partial charge in [-0.15, -0.1) is 6.42 Å². The lowest BCUT2D eigenvalue weighted by Gasteiger charge is -2.38. The van der Waals surface area contributed by atoms with Gasteiger partial charge in [0.25, 0.3) is 0 Å². The number of hydrogen-bond acceptors (Lipinski definition) is 2. The largest absolute Gasteiger partial charge is 0.452 e. The second kappa shape index (κ2) is 3.01. The molecule has 0 aliphatic heterocycles. The van der Waals surface area contributed by atoms with E-state index in [4.69, 9.17) is 11.2 Å². The molecule has 0 aromatic carbocycles. The molecule has 2 aliphatic carbocycles. The first-order valence-corrected chi connectivity index (χ1v) is 5.59. The third-order valence-corrected chi connectivity index (χ3v) is 5.08. The minimum atomic E-state index is -0.510. The Morgan fingerprint density at radius 2 is 2.13 bits per heavy atom. The second-order valence-corrected chi connectivity index (χ2v) is 5.65. The summed E-state index contributed by atoms with van der Waals surface area (Å²) in [5.41, 5.74) is 0.386. The van der Waals surface area contributed by atoms with Crippen molar-refractivity contribution in [3.8, 4) is 12.3 Å². The molecule has 2 aliphatic rings. The fourth-order valence-electron chi connectivity index (χ4n) is 3.47. The lowest BCUT2D eigenvalue weighted by molar-refractivity contribution is -0.149. The maximum atomic E-state index is 11.1. The van der Waals surface area contributed by atoms with Crippen molar-refractivity contribution < 1.29 is 9.53 Å². The Hall–Kier alpha value is -0.970. The van der Waals surface area contributed by atoms with Crippen molar-refractivity contribution in [2.24, 2.45) is 16.7 Å². The minimum absolute atomic E-state index is 0.0230. The van der Waals surface area contributed by atoms with Gasteiger partial charge in [-0.05, 0) is 30.6 Å². The van der Waals surface area contributed by atoms with Crippen molar-refractivity contribution in [2.45, 2.75) is 46.1 Å². The summed E-state index contributed by atoms with van der Waals surface area (Å²) in [5, 5.41) is 0. The molecule has 2 rings (SSSR count). The van der Waals surface area contributed by atoms with Crippen LogP contribution in [-0.2, 0) is 9.53 Å². The first kappa shape index (κ1) is 10.5. The Morgan fingerprint density at radius 3 is 2.53 bits per heavy atom. The summed E-state index contributed by atoms with van der Waals surface area (Å²) in [6, 6.07) is 0. The van der Waals surface area contributed by atoms with Gasteiger partial charge in [0.15, 0.2) is 0 Å². The van der Waals surface area contributed by atoms with E-state index in [1.54, 1.807) is 0 Å². The van der Waals surface area contributed by atoms with Crippen molar-refractivity contribution in [1.29, 1.82) is 0 Å². The van der Waals surface area contributed by atoms with Gasteiger partial charge in [0.2, 0.25) is 0 Å². The summed E-state index contributed by atoms with van der Waals surface area (Å²) in [6.45, 7) is 6.80. The van der Waals surface area contributed by atoms with Gasteiger partial charge in [-0.2, -0.15) is 0 Å². The zero-order valence-electron chi connectivity index (χ0n) is 9.67. The maximum Gasteiger partial charge on any atom is 0.384 e. The van der Waals surface area contributed by atoms with E-state index in [1.165, 1.54) is 6.42 Å². The van der Waals surface area contributed by atoms with Gasteiger partial charge in [-0.25, -0.2) is 4.79 Å². The van der Waals surface area contributed by atoms with Crippen LogP contribution in [0.3, 0.4) is 0 Å². The van der Waals surface area contributed by atoms with E-state index in [-0.39, 0.29) is 16.9 Å². The van der Waals surface area contributed by atoms with Crippen LogP contribution < -0.4 is 0 Å². The number of terminal acetylenes is 1. The molecule has 15 heavy (non-hydrogen) atoms. The predicted octanol–water partition coefficient (Wildman–Crippen LogP) is 2.38. The highest BCUT2D eigenvalue weighted by atomic mass is 16.5. The average Bonchev–Trinajstić information content (AvgIpc) is 2.50. The van der Waals surface area contributed by atoms with E-state index in [9.17, 15) is 4.79 Å². The minimum Gasteiger partial charge on any atom is -0.452 e. The van der Waals surface area contributed by atoms with Crippen LogP contribution in [0.4, 0.5) is 0 Å². The molecule has 0 radical (unpaired) electrons. The number of carbonyl (C=O) groups excluding carboxylic acids is 1. The number of carbonyl (C=O) groups is 1. The molecule has 0 aromatic rings. The molecule has 0 spiro atoms. The SMILES string of the molecule is C#CC(=O)OC1CC2CCC1(C)C2(C)C. The molecule has 3 unspecified atom stereocenters. The van der Waals surface area contributed by atoms with Gasteiger partial charge in [0.1, 0.15) is 6.10 Å². The van der Waals surface area contributed by atoms with Crippen LogP contribution in [0.15, 0.2) is 0 Å². The number of ether oxygens (including phenoxy) is 1. The fourth-order valence-corrected chi connectivity index (χ4v) is 3.47. The monoisotopic (exact) mass is 206 g/mol. The molecule has 0 saturated heterocycles. The fraction of sp³-hybridized carbons (Fsp3) is 0.769. The standard InChI is InChI=1S/C13H18O2/c1-5-11(14)15-10-8-9-6-7-13(10,4)12(9,2)3/h1,9-10H,6-8H2,2-4H3.